The molecular weight excluding hydrogens is 335 g/mol. The van der Waals surface area contributed by atoms with Crippen molar-refractivity contribution in [3.8, 4) is 11.3 Å². The molecule has 2 aromatic carbocycles. The second kappa shape index (κ2) is 7.15. The third-order valence-electron chi connectivity index (χ3n) is 3.96. The van der Waals surface area contributed by atoms with E-state index in [9.17, 15) is 9.18 Å². The highest BCUT2D eigenvalue weighted by Crippen LogP contribution is 2.31. The van der Waals surface area contributed by atoms with E-state index in [0.29, 0.717) is 5.13 Å². The summed E-state index contributed by atoms with van der Waals surface area (Å²) in [7, 11) is 0. The molecule has 0 saturated heterocycles. The van der Waals surface area contributed by atoms with Crippen LogP contribution in [0.15, 0.2) is 41.8 Å². The van der Waals surface area contributed by atoms with Gasteiger partial charge >= 0.3 is 0 Å². The van der Waals surface area contributed by atoms with Gasteiger partial charge in [-0.05, 0) is 49.6 Å². The van der Waals surface area contributed by atoms with Crippen molar-refractivity contribution in [3.63, 3.8) is 0 Å². The first kappa shape index (κ1) is 17.3. The quantitative estimate of drug-likeness (QED) is 0.712. The zero-order chi connectivity index (χ0) is 18.0. The van der Waals surface area contributed by atoms with E-state index in [0.717, 1.165) is 16.8 Å². The van der Waals surface area contributed by atoms with Crippen molar-refractivity contribution in [2.75, 3.05) is 5.32 Å². The molecule has 0 aliphatic rings. The number of rotatable bonds is 4. The molecule has 1 amide bonds. The number of anilines is 1. The average molecular weight is 354 g/mol. The van der Waals surface area contributed by atoms with Gasteiger partial charge in [0.1, 0.15) is 5.82 Å². The Bertz CT molecular complexity index is 893. The molecule has 0 unspecified atom stereocenters. The Hall–Kier alpha value is -2.53. The number of benzene rings is 2. The van der Waals surface area contributed by atoms with E-state index in [1.807, 2.05) is 5.38 Å². The van der Waals surface area contributed by atoms with Crippen molar-refractivity contribution in [2.24, 2.45) is 0 Å². The Morgan fingerprint density at radius 3 is 2.40 bits per heavy atom. The molecule has 0 fully saturated rings. The minimum absolute atomic E-state index is 0.162. The van der Waals surface area contributed by atoms with E-state index >= 15 is 0 Å². The number of hydrogen-bond acceptors (Lipinski definition) is 3. The number of thiazole rings is 1. The number of hydrogen-bond donors (Lipinski definition) is 1. The summed E-state index contributed by atoms with van der Waals surface area (Å²) in [6.45, 7) is 6.22. The van der Waals surface area contributed by atoms with Gasteiger partial charge in [0.15, 0.2) is 5.13 Å². The minimum Gasteiger partial charge on any atom is -0.302 e. The summed E-state index contributed by atoms with van der Waals surface area (Å²) < 4.78 is 12.9. The molecule has 128 valence electrons. The largest absolute Gasteiger partial charge is 0.302 e. The van der Waals surface area contributed by atoms with Gasteiger partial charge in [0.05, 0.1) is 12.1 Å². The van der Waals surface area contributed by atoms with Crippen molar-refractivity contribution in [1.82, 2.24) is 4.98 Å². The molecule has 1 N–H and O–H groups in total. The van der Waals surface area contributed by atoms with Gasteiger partial charge in [-0.25, -0.2) is 9.37 Å². The van der Waals surface area contributed by atoms with E-state index in [2.05, 4.69) is 43.2 Å². The van der Waals surface area contributed by atoms with Crippen LogP contribution in [0, 0.1) is 26.6 Å². The normalized spacial score (nSPS) is 10.7. The lowest BCUT2D eigenvalue weighted by molar-refractivity contribution is -0.115. The van der Waals surface area contributed by atoms with Crippen LogP contribution in [0.5, 0.6) is 0 Å². The Kier molecular flexibility index (Phi) is 4.95. The molecule has 0 atom stereocenters. The fourth-order valence-electron chi connectivity index (χ4n) is 2.98. The Morgan fingerprint density at radius 2 is 1.76 bits per heavy atom. The van der Waals surface area contributed by atoms with E-state index < -0.39 is 0 Å². The van der Waals surface area contributed by atoms with Gasteiger partial charge in [-0.15, -0.1) is 11.3 Å². The maximum Gasteiger partial charge on any atom is 0.230 e. The van der Waals surface area contributed by atoms with Crippen molar-refractivity contribution in [2.45, 2.75) is 27.2 Å². The van der Waals surface area contributed by atoms with Gasteiger partial charge in [-0.1, -0.05) is 29.8 Å². The SMILES string of the molecule is Cc1cc(C)c(-c2csc(NC(=O)Cc3ccc(F)cc3)n2)c(C)c1. The zero-order valence-electron chi connectivity index (χ0n) is 14.4. The van der Waals surface area contributed by atoms with Crippen LogP contribution in [0.3, 0.4) is 0 Å². The topological polar surface area (TPSA) is 42.0 Å². The summed E-state index contributed by atoms with van der Waals surface area (Å²) in [5, 5.41) is 5.35. The second-order valence-corrected chi connectivity index (χ2v) is 7.02. The lowest BCUT2D eigenvalue weighted by Crippen LogP contribution is -2.14. The third kappa shape index (κ3) is 4.12. The summed E-state index contributed by atoms with van der Waals surface area (Å²) in [5.41, 5.74) is 6.32. The Morgan fingerprint density at radius 1 is 1.12 bits per heavy atom. The van der Waals surface area contributed by atoms with E-state index in [1.54, 1.807) is 12.1 Å². The molecule has 1 aromatic heterocycles. The van der Waals surface area contributed by atoms with Gasteiger partial charge in [0.2, 0.25) is 5.91 Å². The molecule has 0 radical (unpaired) electrons. The molecule has 0 bridgehead atoms. The molecule has 25 heavy (non-hydrogen) atoms. The van der Waals surface area contributed by atoms with Crippen LogP contribution in [-0.4, -0.2) is 10.9 Å². The summed E-state index contributed by atoms with van der Waals surface area (Å²) in [4.78, 5) is 16.7. The summed E-state index contributed by atoms with van der Waals surface area (Å²) in [5.74, 6) is -0.470. The van der Waals surface area contributed by atoms with Gasteiger partial charge in [-0.3, -0.25) is 4.79 Å². The van der Waals surface area contributed by atoms with Gasteiger partial charge in [-0.2, -0.15) is 0 Å². The summed E-state index contributed by atoms with van der Waals surface area (Å²) in [6.07, 6.45) is 0.192. The van der Waals surface area contributed by atoms with Crippen LogP contribution in [0.25, 0.3) is 11.3 Å². The fourth-order valence-corrected chi connectivity index (χ4v) is 3.70. The molecular formula is C20H19FN2OS. The predicted octanol–water partition coefficient (Wildman–Crippen LogP) is 5.06. The number of nitrogens with zero attached hydrogens (tertiary/aromatic N) is 1. The van der Waals surface area contributed by atoms with Crippen LogP contribution >= 0.6 is 11.3 Å². The van der Waals surface area contributed by atoms with E-state index in [1.165, 1.54) is 40.2 Å². The molecule has 3 nitrogen and oxygen atoms in total. The number of carbonyl (C=O) groups excluding carboxylic acids is 1. The van der Waals surface area contributed by atoms with Crippen molar-refractivity contribution in [3.05, 3.63) is 69.8 Å². The molecule has 0 spiro atoms. The lowest BCUT2D eigenvalue weighted by atomic mass is 9.98. The fraction of sp³-hybridized carbons (Fsp3) is 0.200. The predicted molar refractivity (Wildman–Crippen MR) is 100 cm³/mol. The highest BCUT2D eigenvalue weighted by Gasteiger charge is 2.12. The first-order valence-corrected chi connectivity index (χ1v) is 8.88. The molecule has 0 saturated carbocycles. The number of aryl methyl sites for hydroxylation is 3. The van der Waals surface area contributed by atoms with Crippen LogP contribution in [0.2, 0.25) is 0 Å². The monoisotopic (exact) mass is 354 g/mol. The van der Waals surface area contributed by atoms with Crippen molar-refractivity contribution < 1.29 is 9.18 Å². The Balaban J connectivity index is 1.74. The number of halogens is 1. The molecule has 1 heterocycles. The molecule has 5 heteroatoms. The van der Waals surface area contributed by atoms with Crippen molar-refractivity contribution >= 4 is 22.4 Å². The standard InChI is InChI=1S/C20H19FN2OS/c1-12-8-13(2)19(14(3)9-12)17-11-25-20(22-17)23-18(24)10-15-4-6-16(21)7-5-15/h4-9,11H,10H2,1-3H3,(H,22,23,24). The molecule has 3 rings (SSSR count). The third-order valence-corrected chi connectivity index (χ3v) is 4.72. The number of nitrogens with one attached hydrogen (secondary N) is 1. The Labute approximate surface area is 150 Å². The van der Waals surface area contributed by atoms with Gasteiger partial charge in [0.25, 0.3) is 0 Å². The van der Waals surface area contributed by atoms with Crippen LogP contribution < -0.4 is 5.32 Å². The number of carbonyl (C=O) groups is 1. The van der Waals surface area contributed by atoms with E-state index in [4.69, 9.17) is 0 Å². The summed E-state index contributed by atoms with van der Waals surface area (Å²) >= 11 is 1.40. The summed E-state index contributed by atoms with van der Waals surface area (Å²) in [6, 6.07) is 10.2. The van der Waals surface area contributed by atoms with Crippen LogP contribution in [-0.2, 0) is 11.2 Å². The first-order valence-electron chi connectivity index (χ1n) is 8.00. The second-order valence-electron chi connectivity index (χ2n) is 6.16. The molecule has 0 aliphatic heterocycles. The molecule has 3 aromatic rings. The highest BCUT2D eigenvalue weighted by atomic mass is 32.1. The minimum atomic E-state index is -0.308. The lowest BCUT2D eigenvalue weighted by Gasteiger charge is -2.08. The average Bonchev–Trinajstić information content (AvgIpc) is 2.96. The van der Waals surface area contributed by atoms with Gasteiger partial charge in [0, 0.05) is 10.9 Å². The van der Waals surface area contributed by atoms with Crippen LogP contribution in [0.4, 0.5) is 9.52 Å². The number of amides is 1. The smallest absolute Gasteiger partial charge is 0.230 e. The van der Waals surface area contributed by atoms with Crippen molar-refractivity contribution in [1.29, 1.82) is 0 Å². The first-order chi connectivity index (χ1) is 11.9. The zero-order valence-corrected chi connectivity index (χ0v) is 15.2. The van der Waals surface area contributed by atoms with E-state index in [-0.39, 0.29) is 18.1 Å². The number of aromatic nitrogens is 1. The van der Waals surface area contributed by atoms with Crippen LogP contribution in [0.1, 0.15) is 22.3 Å². The maximum absolute atomic E-state index is 12.9. The highest BCUT2D eigenvalue weighted by molar-refractivity contribution is 7.14. The molecule has 0 aliphatic carbocycles. The maximum atomic E-state index is 12.9. The van der Waals surface area contributed by atoms with Gasteiger partial charge < -0.3 is 5.32 Å².